The van der Waals surface area contributed by atoms with Crippen LogP contribution in [0.1, 0.15) is 24.0 Å². The number of nitrogens with one attached hydrogen (secondary N) is 1. The Bertz CT molecular complexity index is 618. The van der Waals surface area contributed by atoms with Crippen molar-refractivity contribution in [1.29, 1.82) is 0 Å². The maximum absolute atomic E-state index is 3.66. The van der Waals surface area contributed by atoms with Crippen LogP contribution in [0.3, 0.4) is 0 Å². The molecule has 1 N–H and O–H groups in total. The van der Waals surface area contributed by atoms with Crippen LogP contribution in [0, 0.1) is 6.92 Å². The molecule has 0 aromatic heterocycles. The van der Waals surface area contributed by atoms with Gasteiger partial charge in [-0.2, -0.15) is 0 Å². The Balaban J connectivity index is 1.75. The SMILES string of the molecule is Cc1ccc(CNc2ccccc2N2CCCC2)c(Br)c1. The van der Waals surface area contributed by atoms with Crippen molar-refractivity contribution in [1.82, 2.24) is 0 Å². The summed E-state index contributed by atoms with van der Waals surface area (Å²) in [5, 5.41) is 3.60. The molecule has 110 valence electrons. The third-order valence-electron chi connectivity index (χ3n) is 4.03. The van der Waals surface area contributed by atoms with Crippen molar-refractivity contribution >= 4 is 27.3 Å². The molecule has 3 rings (SSSR count). The minimum atomic E-state index is 0.839. The number of aryl methyl sites for hydroxylation is 1. The Morgan fingerprint density at radius 2 is 1.86 bits per heavy atom. The lowest BCUT2D eigenvalue weighted by Gasteiger charge is -2.22. The summed E-state index contributed by atoms with van der Waals surface area (Å²) >= 11 is 3.66. The first-order chi connectivity index (χ1) is 10.2. The van der Waals surface area contributed by atoms with Crippen molar-refractivity contribution in [2.24, 2.45) is 0 Å². The molecule has 0 saturated carbocycles. The Hall–Kier alpha value is -1.48. The minimum Gasteiger partial charge on any atom is -0.379 e. The van der Waals surface area contributed by atoms with Crippen LogP contribution in [-0.2, 0) is 6.54 Å². The third-order valence-corrected chi connectivity index (χ3v) is 4.77. The minimum absolute atomic E-state index is 0.839. The molecule has 0 spiro atoms. The quantitative estimate of drug-likeness (QED) is 0.842. The highest BCUT2D eigenvalue weighted by Crippen LogP contribution is 2.29. The highest BCUT2D eigenvalue weighted by molar-refractivity contribution is 9.10. The first kappa shape index (κ1) is 14.5. The van der Waals surface area contributed by atoms with Gasteiger partial charge < -0.3 is 10.2 Å². The molecular formula is C18H21BrN2. The van der Waals surface area contributed by atoms with E-state index in [1.807, 2.05) is 0 Å². The molecule has 21 heavy (non-hydrogen) atoms. The van der Waals surface area contributed by atoms with Crippen LogP contribution < -0.4 is 10.2 Å². The molecule has 1 heterocycles. The van der Waals surface area contributed by atoms with Gasteiger partial charge in [0.2, 0.25) is 0 Å². The van der Waals surface area contributed by atoms with Crippen molar-refractivity contribution in [2.45, 2.75) is 26.3 Å². The average molecular weight is 345 g/mol. The monoisotopic (exact) mass is 344 g/mol. The van der Waals surface area contributed by atoms with Crippen LogP contribution >= 0.6 is 15.9 Å². The van der Waals surface area contributed by atoms with Gasteiger partial charge >= 0.3 is 0 Å². The Morgan fingerprint density at radius 1 is 1.10 bits per heavy atom. The van der Waals surface area contributed by atoms with E-state index in [-0.39, 0.29) is 0 Å². The van der Waals surface area contributed by atoms with E-state index in [4.69, 9.17) is 0 Å². The zero-order valence-corrected chi connectivity index (χ0v) is 14.0. The normalized spacial score (nSPS) is 14.5. The number of nitrogens with zero attached hydrogens (tertiary/aromatic N) is 1. The summed E-state index contributed by atoms with van der Waals surface area (Å²) in [7, 11) is 0. The van der Waals surface area contributed by atoms with Gasteiger partial charge in [0.15, 0.2) is 0 Å². The highest BCUT2D eigenvalue weighted by Gasteiger charge is 2.15. The summed E-state index contributed by atoms with van der Waals surface area (Å²) in [5.74, 6) is 0. The number of rotatable bonds is 4. The van der Waals surface area contributed by atoms with Crippen molar-refractivity contribution < 1.29 is 0 Å². The van der Waals surface area contributed by atoms with Crippen molar-refractivity contribution in [2.75, 3.05) is 23.3 Å². The number of halogens is 1. The van der Waals surface area contributed by atoms with Crippen LogP contribution in [0.25, 0.3) is 0 Å². The van der Waals surface area contributed by atoms with Crippen LogP contribution in [0.2, 0.25) is 0 Å². The molecule has 3 heteroatoms. The van der Waals surface area contributed by atoms with Gasteiger partial charge in [0.1, 0.15) is 0 Å². The third kappa shape index (κ3) is 3.41. The van der Waals surface area contributed by atoms with Crippen LogP contribution in [0.5, 0.6) is 0 Å². The van der Waals surface area contributed by atoms with Crippen LogP contribution in [0.15, 0.2) is 46.9 Å². The number of benzene rings is 2. The van der Waals surface area contributed by atoms with Gasteiger partial charge in [0, 0.05) is 24.1 Å². The smallest absolute Gasteiger partial charge is 0.0602 e. The molecule has 1 aliphatic heterocycles. The summed E-state index contributed by atoms with van der Waals surface area (Å²) < 4.78 is 1.17. The second-order valence-electron chi connectivity index (χ2n) is 5.66. The lowest BCUT2D eigenvalue weighted by molar-refractivity contribution is 0.949. The Morgan fingerprint density at radius 3 is 2.62 bits per heavy atom. The van der Waals surface area contributed by atoms with Gasteiger partial charge in [-0.1, -0.05) is 40.2 Å². The number of hydrogen-bond acceptors (Lipinski definition) is 2. The lowest BCUT2D eigenvalue weighted by Crippen LogP contribution is -2.19. The number of hydrogen-bond donors (Lipinski definition) is 1. The summed E-state index contributed by atoms with van der Waals surface area (Å²) in [4.78, 5) is 2.48. The van der Waals surface area contributed by atoms with E-state index >= 15 is 0 Å². The summed E-state index contributed by atoms with van der Waals surface area (Å²) in [6.45, 7) is 5.30. The number of para-hydroxylation sites is 2. The Kier molecular flexibility index (Phi) is 4.49. The van der Waals surface area contributed by atoms with E-state index in [9.17, 15) is 0 Å². The highest BCUT2D eigenvalue weighted by atomic mass is 79.9. The van der Waals surface area contributed by atoms with E-state index in [0.717, 1.165) is 6.54 Å². The molecule has 0 bridgehead atoms. The fourth-order valence-corrected chi connectivity index (χ4v) is 3.48. The molecular weight excluding hydrogens is 324 g/mol. The molecule has 1 aliphatic rings. The lowest BCUT2D eigenvalue weighted by atomic mass is 10.1. The van der Waals surface area contributed by atoms with E-state index in [0.29, 0.717) is 0 Å². The van der Waals surface area contributed by atoms with Crippen molar-refractivity contribution in [3.8, 4) is 0 Å². The second-order valence-corrected chi connectivity index (χ2v) is 6.51. The van der Waals surface area contributed by atoms with Gasteiger partial charge in [-0.3, -0.25) is 0 Å². The fourth-order valence-electron chi connectivity index (χ4n) is 2.84. The molecule has 0 atom stereocenters. The van der Waals surface area contributed by atoms with E-state index in [1.54, 1.807) is 0 Å². The van der Waals surface area contributed by atoms with E-state index < -0.39 is 0 Å². The van der Waals surface area contributed by atoms with Gasteiger partial charge in [-0.25, -0.2) is 0 Å². The maximum Gasteiger partial charge on any atom is 0.0602 e. The van der Waals surface area contributed by atoms with Gasteiger partial charge in [-0.05, 0) is 49.1 Å². The number of anilines is 2. The molecule has 1 saturated heterocycles. The van der Waals surface area contributed by atoms with Crippen LogP contribution in [-0.4, -0.2) is 13.1 Å². The van der Waals surface area contributed by atoms with Crippen LogP contribution in [0.4, 0.5) is 11.4 Å². The zero-order valence-electron chi connectivity index (χ0n) is 12.4. The Labute approximate surface area is 135 Å². The molecule has 1 fully saturated rings. The first-order valence-electron chi connectivity index (χ1n) is 7.57. The predicted molar refractivity (Wildman–Crippen MR) is 94.1 cm³/mol. The fraction of sp³-hybridized carbons (Fsp3) is 0.333. The van der Waals surface area contributed by atoms with Gasteiger partial charge in [0.05, 0.1) is 11.4 Å². The van der Waals surface area contributed by atoms with E-state index in [2.05, 4.69) is 75.5 Å². The van der Waals surface area contributed by atoms with Gasteiger partial charge in [-0.15, -0.1) is 0 Å². The standard InChI is InChI=1S/C18H21BrN2/c1-14-8-9-15(16(19)12-14)13-20-17-6-2-3-7-18(17)21-10-4-5-11-21/h2-3,6-9,12,20H,4-5,10-11,13H2,1H3. The molecule has 0 radical (unpaired) electrons. The summed E-state index contributed by atoms with van der Waals surface area (Å²) in [6, 6.07) is 15.1. The second kappa shape index (κ2) is 6.52. The molecule has 2 aromatic carbocycles. The maximum atomic E-state index is 3.66. The summed E-state index contributed by atoms with van der Waals surface area (Å²) in [6.07, 6.45) is 2.61. The van der Waals surface area contributed by atoms with E-state index in [1.165, 1.54) is 52.9 Å². The molecule has 0 amide bonds. The molecule has 2 aromatic rings. The summed E-state index contributed by atoms with van der Waals surface area (Å²) in [5.41, 5.74) is 5.13. The predicted octanol–water partition coefficient (Wildman–Crippen LogP) is 4.97. The van der Waals surface area contributed by atoms with Gasteiger partial charge in [0.25, 0.3) is 0 Å². The van der Waals surface area contributed by atoms with Crippen molar-refractivity contribution in [3.63, 3.8) is 0 Å². The average Bonchev–Trinajstić information content (AvgIpc) is 3.01. The largest absolute Gasteiger partial charge is 0.379 e. The molecule has 0 unspecified atom stereocenters. The zero-order chi connectivity index (χ0) is 14.7. The topological polar surface area (TPSA) is 15.3 Å². The molecule has 0 aliphatic carbocycles. The first-order valence-corrected chi connectivity index (χ1v) is 8.36. The van der Waals surface area contributed by atoms with Crippen molar-refractivity contribution in [3.05, 3.63) is 58.1 Å². The molecule has 2 nitrogen and oxygen atoms in total.